The van der Waals surface area contributed by atoms with Gasteiger partial charge in [-0.15, -0.1) is 0 Å². The number of halogens is 2. The van der Waals surface area contributed by atoms with E-state index in [1.54, 1.807) is 12.1 Å². The average Bonchev–Trinajstić information content (AvgIpc) is 3.04. The number of hydrogen-bond donors (Lipinski definition) is 0. The molecule has 1 atom stereocenters. The number of benzene rings is 2. The van der Waals surface area contributed by atoms with Crippen molar-refractivity contribution >= 4 is 17.4 Å². The molecule has 0 amide bonds. The zero-order valence-corrected chi connectivity index (χ0v) is 15.0. The quantitative estimate of drug-likeness (QED) is 0.637. The van der Waals surface area contributed by atoms with Crippen molar-refractivity contribution in [2.75, 3.05) is 13.1 Å². The summed E-state index contributed by atoms with van der Waals surface area (Å²) in [5, 5.41) is 0.770. The van der Waals surface area contributed by atoms with Crippen molar-refractivity contribution in [1.82, 2.24) is 4.90 Å². The highest BCUT2D eigenvalue weighted by Crippen LogP contribution is 2.22. The molecule has 3 rings (SSSR count). The van der Waals surface area contributed by atoms with Gasteiger partial charge in [0, 0.05) is 23.0 Å². The fourth-order valence-electron chi connectivity index (χ4n) is 3.54. The van der Waals surface area contributed by atoms with Gasteiger partial charge in [0.15, 0.2) is 5.78 Å². The fraction of sp³-hybridized carbons (Fsp3) is 0.381. The predicted molar refractivity (Wildman–Crippen MR) is 99.7 cm³/mol. The van der Waals surface area contributed by atoms with E-state index in [-0.39, 0.29) is 11.6 Å². The summed E-state index contributed by atoms with van der Waals surface area (Å²) in [4.78, 5) is 14.7. The van der Waals surface area contributed by atoms with Crippen LogP contribution in [-0.2, 0) is 6.42 Å². The van der Waals surface area contributed by atoms with Crippen LogP contribution < -0.4 is 0 Å². The normalized spacial score (nSPS) is 17.8. The summed E-state index contributed by atoms with van der Waals surface area (Å²) in [6.45, 7) is 2.04. The molecule has 2 aromatic carbocycles. The summed E-state index contributed by atoms with van der Waals surface area (Å²) in [5.41, 5.74) is 1.91. The van der Waals surface area contributed by atoms with Crippen molar-refractivity contribution in [3.63, 3.8) is 0 Å². The lowest BCUT2D eigenvalue weighted by Gasteiger charge is -2.24. The Labute approximate surface area is 153 Å². The molecule has 1 saturated heterocycles. The summed E-state index contributed by atoms with van der Waals surface area (Å²) in [7, 11) is 0. The Bertz CT molecular complexity index is 699. The Hall–Kier alpha value is -1.71. The van der Waals surface area contributed by atoms with Crippen LogP contribution in [0.15, 0.2) is 48.5 Å². The van der Waals surface area contributed by atoms with Crippen LogP contribution in [0.4, 0.5) is 4.39 Å². The number of ketones is 1. The smallest absolute Gasteiger partial charge is 0.162 e. The van der Waals surface area contributed by atoms with Gasteiger partial charge in [0.25, 0.3) is 0 Å². The van der Waals surface area contributed by atoms with Crippen LogP contribution in [0.2, 0.25) is 5.02 Å². The maximum absolute atomic E-state index is 12.9. The molecule has 1 aliphatic heterocycles. The zero-order chi connectivity index (χ0) is 17.6. The van der Waals surface area contributed by atoms with Crippen LogP contribution in [0.25, 0.3) is 0 Å². The number of hydrogen-bond acceptors (Lipinski definition) is 2. The zero-order valence-electron chi connectivity index (χ0n) is 14.3. The summed E-state index contributed by atoms with van der Waals surface area (Å²) >= 11 is 5.95. The molecule has 1 fully saturated rings. The number of carbonyl (C=O) groups excluding carboxylic acids is 1. The highest BCUT2D eigenvalue weighted by atomic mass is 35.5. The summed E-state index contributed by atoms with van der Waals surface area (Å²) in [6.07, 6.45) is 4.80. The number of nitrogens with zero attached hydrogens (tertiary/aromatic N) is 1. The molecule has 1 aliphatic rings. The first-order valence-electron chi connectivity index (χ1n) is 8.89. The lowest BCUT2D eigenvalue weighted by Crippen LogP contribution is -2.32. The molecule has 4 heteroatoms. The van der Waals surface area contributed by atoms with E-state index >= 15 is 0 Å². The standard InChI is InChI=1S/C21H23ClFNO/c22-18-9-5-16(6-10-18)15-20-3-1-13-24(20)14-2-4-21(25)17-7-11-19(23)12-8-17/h5-12,20H,1-4,13-15H2. The molecular weight excluding hydrogens is 337 g/mol. The van der Waals surface area contributed by atoms with E-state index in [9.17, 15) is 9.18 Å². The molecule has 1 unspecified atom stereocenters. The molecule has 1 heterocycles. The molecule has 0 radical (unpaired) electrons. The minimum atomic E-state index is -0.307. The Morgan fingerprint density at radius 1 is 1.12 bits per heavy atom. The van der Waals surface area contributed by atoms with E-state index < -0.39 is 0 Å². The van der Waals surface area contributed by atoms with Crippen LogP contribution >= 0.6 is 11.6 Å². The molecular formula is C21H23ClFNO. The van der Waals surface area contributed by atoms with E-state index in [4.69, 9.17) is 11.6 Å². The molecule has 2 nitrogen and oxygen atoms in total. The van der Waals surface area contributed by atoms with Crippen molar-refractivity contribution < 1.29 is 9.18 Å². The van der Waals surface area contributed by atoms with Gasteiger partial charge in [-0.3, -0.25) is 4.79 Å². The third-order valence-corrected chi connectivity index (χ3v) is 5.15. The van der Waals surface area contributed by atoms with Gasteiger partial charge in [-0.25, -0.2) is 4.39 Å². The van der Waals surface area contributed by atoms with Crippen LogP contribution in [0, 0.1) is 5.82 Å². The first kappa shape index (κ1) is 18.1. The van der Waals surface area contributed by atoms with E-state index in [1.807, 2.05) is 12.1 Å². The van der Waals surface area contributed by atoms with Gasteiger partial charge in [-0.05, 0) is 80.7 Å². The highest BCUT2D eigenvalue weighted by molar-refractivity contribution is 6.30. The molecule has 132 valence electrons. The fourth-order valence-corrected chi connectivity index (χ4v) is 3.66. The van der Waals surface area contributed by atoms with Gasteiger partial charge < -0.3 is 4.90 Å². The molecule has 0 aliphatic carbocycles. The molecule has 0 bridgehead atoms. The minimum Gasteiger partial charge on any atom is -0.300 e. The Morgan fingerprint density at radius 2 is 1.84 bits per heavy atom. The third kappa shape index (κ3) is 5.13. The summed E-state index contributed by atoms with van der Waals surface area (Å²) < 4.78 is 12.9. The van der Waals surface area contributed by atoms with E-state index in [1.165, 1.54) is 30.5 Å². The molecule has 2 aromatic rings. The lowest BCUT2D eigenvalue weighted by molar-refractivity contribution is 0.0973. The topological polar surface area (TPSA) is 20.3 Å². The SMILES string of the molecule is O=C(CCCN1CCCC1Cc1ccc(Cl)cc1)c1ccc(F)cc1. The van der Waals surface area contributed by atoms with Crippen molar-refractivity contribution in [3.05, 3.63) is 70.5 Å². The van der Waals surface area contributed by atoms with E-state index in [2.05, 4.69) is 17.0 Å². The van der Waals surface area contributed by atoms with Crippen molar-refractivity contribution in [2.45, 2.75) is 38.1 Å². The van der Waals surface area contributed by atoms with Crippen molar-refractivity contribution in [3.8, 4) is 0 Å². The first-order chi connectivity index (χ1) is 12.1. The van der Waals surface area contributed by atoms with Gasteiger partial charge in [-0.1, -0.05) is 23.7 Å². The number of rotatable bonds is 7. The highest BCUT2D eigenvalue weighted by Gasteiger charge is 2.24. The van der Waals surface area contributed by atoms with Crippen LogP contribution in [0.1, 0.15) is 41.6 Å². The second-order valence-electron chi connectivity index (χ2n) is 6.70. The third-order valence-electron chi connectivity index (χ3n) is 4.90. The van der Waals surface area contributed by atoms with E-state index in [0.717, 1.165) is 31.0 Å². The lowest BCUT2D eigenvalue weighted by atomic mass is 10.0. The maximum atomic E-state index is 12.9. The molecule has 0 spiro atoms. The maximum Gasteiger partial charge on any atom is 0.162 e. The van der Waals surface area contributed by atoms with Gasteiger partial charge in [0.1, 0.15) is 5.82 Å². The molecule has 0 aromatic heterocycles. The molecule has 0 saturated carbocycles. The Morgan fingerprint density at radius 3 is 2.56 bits per heavy atom. The first-order valence-corrected chi connectivity index (χ1v) is 9.27. The van der Waals surface area contributed by atoms with Gasteiger partial charge in [0.05, 0.1) is 0 Å². The van der Waals surface area contributed by atoms with Gasteiger partial charge >= 0.3 is 0 Å². The van der Waals surface area contributed by atoms with Crippen molar-refractivity contribution in [2.24, 2.45) is 0 Å². The monoisotopic (exact) mass is 359 g/mol. The Kier molecular flexibility index (Phi) is 6.22. The molecule has 0 N–H and O–H groups in total. The number of likely N-dealkylation sites (tertiary alicyclic amines) is 1. The predicted octanol–water partition coefficient (Wildman–Crippen LogP) is 5.15. The number of Topliss-reactive ketones (excluding diaryl/α,β-unsaturated/α-hetero) is 1. The summed E-state index contributed by atoms with van der Waals surface area (Å²) in [5.74, 6) is -0.216. The van der Waals surface area contributed by atoms with Crippen LogP contribution in [0.3, 0.4) is 0 Å². The largest absolute Gasteiger partial charge is 0.300 e. The summed E-state index contributed by atoms with van der Waals surface area (Å²) in [6, 6.07) is 14.4. The minimum absolute atomic E-state index is 0.0912. The second kappa shape index (κ2) is 8.59. The molecule has 25 heavy (non-hydrogen) atoms. The van der Waals surface area contributed by atoms with Gasteiger partial charge in [0.2, 0.25) is 0 Å². The van der Waals surface area contributed by atoms with Gasteiger partial charge in [-0.2, -0.15) is 0 Å². The van der Waals surface area contributed by atoms with Crippen molar-refractivity contribution in [1.29, 1.82) is 0 Å². The number of carbonyl (C=O) groups is 1. The van der Waals surface area contributed by atoms with Crippen LogP contribution in [-0.4, -0.2) is 29.8 Å². The average molecular weight is 360 g/mol. The second-order valence-corrected chi connectivity index (χ2v) is 7.13. The van der Waals surface area contributed by atoms with E-state index in [0.29, 0.717) is 18.0 Å². The van der Waals surface area contributed by atoms with Crippen LogP contribution in [0.5, 0.6) is 0 Å². The Balaban J connectivity index is 1.47.